The van der Waals surface area contributed by atoms with Crippen molar-refractivity contribution in [3.8, 4) is 0 Å². The van der Waals surface area contributed by atoms with Crippen molar-refractivity contribution in [2.45, 2.75) is 55.6 Å². The normalized spacial score (nSPS) is 20.3. The van der Waals surface area contributed by atoms with E-state index < -0.39 is 21.1 Å². The third kappa shape index (κ3) is 3.00. The van der Waals surface area contributed by atoms with Gasteiger partial charge in [0.25, 0.3) is 0 Å². The van der Waals surface area contributed by atoms with Gasteiger partial charge in [-0.3, -0.25) is 0 Å². The fraction of sp³-hybridized carbons (Fsp3) is 0.600. The van der Waals surface area contributed by atoms with Crippen LogP contribution < -0.4 is 5.73 Å². The minimum absolute atomic E-state index is 0.174. The molecule has 0 aromatic heterocycles. The van der Waals surface area contributed by atoms with Gasteiger partial charge >= 0.3 is 0 Å². The second kappa shape index (κ2) is 6.06. The molecule has 0 bridgehead atoms. The molecule has 2 atom stereocenters. The molecule has 0 saturated heterocycles. The molecule has 3 nitrogen and oxygen atoms in total. The average molecular weight is 281 g/mol. The maximum absolute atomic E-state index is 12.7. The molecule has 2 rings (SSSR count). The Bertz CT molecular complexity index is 492. The van der Waals surface area contributed by atoms with Gasteiger partial charge in [0.05, 0.1) is 10.5 Å². The first-order chi connectivity index (χ1) is 9.07. The summed E-state index contributed by atoms with van der Waals surface area (Å²) in [5, 5.41) is -0.634. The summed E-state index contributed by atoms with van der Waals surface area (Å²) < 4.78 is 25.4. The Morgan fingerprint density at radius 3 is 2.32 bits per heavy atom. The van der Waals surface area contributed by atoms with Gasteiger partial charge in [-0.05, 0) is 24.8 Å². The van der Waals surface area contributed by atoms with Crippen LogP contribution in [0.2, 0.25) is 0 Å². The van der Waals surface area contributed by atoms with E-state index in [9.17, 15) is 8.42 Å². The quantitative estimate of drug-likeness (QED) is 0.902. The second-order valence-corrected chi connectivity index (χ2v) is 7.83. The molecule has 1 fully saturated rings. The van der Waals surface area contributed by atoms with Gasteiger partial charge in [0, 0.05) is 6.04 Å². The summed E-state index contributed by atoms with van der Waals surface area (Å²) in [4.78, 5) is 0. The molecule has 106 valence electrons. The Labute approximate surface area is 116 Å². The van der Waals surface area contributed by atoms with E-state index in [1.165, 1.54) is 0 Å². The molecule has 2 unspecified atom stereocenters. The first-order valence-electron chi connectivity index (χ1n) is 7.10. The Kier molecular flexibility index (Phi) is 4.63. The zero-order valence-corrected chi connectivity index (χ0v) is 12.3. The van der Waals surface area contributed by atoms with E-state index in [2.05, 4.69) is 0 Å². The van der Waals surface area contributed by atoms with Crippen LogP contribution in [0, 0.1) is 0 Å². The van der Waals surface area contributed by atoms with Crippen molar-refractivity contribution < 1.29 is 8.42 Å². The predicted molar refractivity (Wildman–Crippen MR) is 78.6 cm³/mol. The van der Waals surface area contributed by atoms with Crippen molar-refractivity contribution in [2.24, 2.45) is 5.73 Å². The summed E-state index contributed by atoms with van der Waals surface area (Å²) in [5.74, 6) is 0. The zero-order valence-electron chi connectivity index (χ0n) is 11.5. The maximum Gasteiger partial charge on any atom is 0.157 e. The van der Waals surface area contributed by atoms with E-state index in [1.54, 1.807) is 0 Å². The number of benzene rings is 1. The smallest absolute Gasteiger partial charge is 0.157 e. The number of nitrogens with two attached hydrogens (primary N) is 1. The third-order valence-corrected chi connectivity index (χ3v) is 7.05. The molecule has 1 saturated carbocycles. The maximum atomic E-state index is 12.7. The van der Waals surface area contributed by atoms with Crippen LogP contribution in [0.5, 0.6) is 0 Å². The van der Waals surface area contributed by atoms with Crippen LogP contribution in [-0.2, 0) is 9.84 Å². The highest BCUT2D eigenvalue weighted by Crippen LogP contribution is 2.32. The second-order valence-electron chi connectivity index (χ2n) is 5.38. The highest BCUT2D eigenvalue weighted by atomic mass is 32.2. The summed E-state index contributed by atoms with van der Waals surface area (Å²) in [6.45, 7) is 1.92. The lowest BCUT2D eigenvalue weighted by molar-refractivity contribution is 0.533. The van der Waals surface area contributed by atoms with Crippen LogP contribution >= 0.6 is 0 Å². The van der Waals surface area contributed by atoms with Gasteiger partial charge in [-0.25, -0.2) is 8.42 Å². The average Bonchev–Trinajstić information content (AvgIpc) is 2.95. The molecule has 0 heterocycles. The summed E-state index contributed by atoms with van der Waals surface area (Å²) in [7, 11) is -3.12. The summed E-state index contributed by atoms with van der Waals surface area (Å²) in [5.41, 5.74) is 7.14. The zero-order chi connectivity index (χ0) is 13.9. The topological polar surface area (TPSA) is 60.2 Å². The van der Waals surface area contributed by atoms with E-state index in [1.807, 2.05) is 37.3 Å². The first kappa shape index (κ1) is 14.5. The van der Waals surface area contributed by atoms with Crippen molar-refractivity contribution in [3.05, 3.63) is 35.9 Å². The highest BCUT2D eigenvalue weighted by Gasteiger charge is 2.38. The summed E-state index contributed by atoms with van der Waals surface area (Å²) in [6.07, 6.45) is 4.25. The Balaban J connectivity index is 2.24. The monoisotopic (exact) mass is 281 g/mol. The summed E-state index contributed by atoms with van der Waals surface area (Å²) >= 11 is 0. The third-order valence-electron chi connectivity index (χ3n) is 4.18. The van der Waals surface area contributed by atoms with Gasteiger partial charge in [0.1, 0.15) is 0 Å². The lowest BCUT2D eigenvalue weighted by atomic mass is 10.0. The fourth-order valence-electron chi connectivity index (χ4n) is 3.04. The molecule has 1 aromatic carbocycles. The van der Waals surface area contributed by atoms with Crippen LogP contribution in [0.3, 0.4) is 0 Å². The van der Waals surface area contributed by atoms with Crippen molar-refractivity contribution >= 4 is 9.84 Å². The van der Waals surface area contributed by atoms with Crippen LogP contribution in [0.4, 0.5) is 0 Å². The molecule has 4 heteroatoms. The predicted octanol–water partition coefficient (Wildman–Crippen LogP) is 2.82. The Morgan fingerprint density at radius 2 is 1.79 bits per heavy atom. The van der Waals surface area contributed by atoms with Gasteiger partial charge in [0.2, 0.25) is 0 Å². The lowest BCUT2D eigenvalue weighted by Gasteiger charge is -2.26. The first-order valence-corrected chi connectivity index (χ1v) is 8.71. The molecule has 1 aliphatic rings. The van der Waals surface area contributed by atoms with Crippen LogP contribution in [0.15, 0.2) is 30.3 Å². The van der Waals surface area contributed by atoms with Crippen LogP contribution in [0.1, 0.15) is 50.6 Å². The van der Waals surface area contributed by atoms with E-state index >= 15 is 0 Å². The number of rotatable bonds is 5. The van der Waals surface area contributed by atoms with Gasteiger partial charge in [-0.2, -0.15) is 0 Å². The van der Waals surface area contributed by atoms with Crippen LogP contribution in [0.25, 0.3) is 0 Å². The van der Waals surface area contributed by atoms with Crippen molar-refractivity contribution in [1.82, 2.24) is 0 Å². The SMILES string of the molecule is CCC(C(N)c1ccccc1)S(=O)(=O)C1CCCC1. The molecule has 2 N–H and O–H groups in total. The number of sulfone groups is 1. The number of hydrogen-bond donors (Lipinski definition) is 1. The molecular weight excluding hydrogens is 258 g/mol. The molecule has 0 radical (unpaired) electrons. The lowest BCUT2D eigenvalue weighted by Crippen LogP contribution is -2.38. The van der Waals surface area contributed by atoms with Crippen LogP contribution in [-0.4, -0.2) is 18.9 Å². The van der Waals surface area contributed by atoms with Gasteiger partial charge in [0.15, 0.2) is 9.84 Å². The van der Waals surface area contributed by atoms with E-state index in [4.69, 9.17) is 5.73 Å². The standard InChI is InChI=1S/C15H23NO2S/c1-2-14(15(16)12-8-4-3-5-9-12)19(17,18)13-10-6-7-11-13/h3-5,8-9,13-15H,2,6-7,10-11,16H2,1H3. The van der Waals surface area contributed by atoms with Gasteiger partial charge in [-0.15, -0.1) is 0 Å². The molecule has 1 aliphatic carbocycles. The molecule has 0 amide bonds. The Hall–Kier alpha value is -0.870. The summed E-state index contributed by atoms with van der Waals surface area (Å²) in [6, 6.07) is 9.14. The minimum atomic E-state index is -3.12. The minimum Gasteiger partial charge on any atom is -0.323 e. The molecule has 0 spiro atoms. The number of hydrogen-bond acceptors (Lipinski definition) is 3. The fourth-order valence-corrected chi connectivity index (χ4v) is 5.56. The van der Waals surface area contributed by atoms with E-state index in [0.29, 0.717) is 6.42 Å². The van der Waals surface area contributed by atoms with E-state index in [-0.39, 0.29) is 5.25 Å². The largest absolute Gasteiger partial charge is 0.323 e. The molecular formula is C15H23NO2S. The van der Waals surface area contributed by atoms with Crippen molar-refractivity contribution in [3.63, 3.8) is 0 Å². The molecule has 0 aliphatic heterocycles. The van der Waals surface area contributed by atoms with Crippen molar-refractivity contribution in [1.29, 1.82) is 0 Å². The Morgan fingerprint density at radius 1 is 1.21 bits per heavy atom. The van der Waals surface area contributed by atoms with Gasteiger partial charge in [-0.1, -0.05) is 50.1 Å². The molecule has 19 heavy (non-hydrogen) atoms. The molecule has 1 aromatic rings. The van der Waals surface area contributed by atoms with Gasteiger partial charge < -0.3 is 5.73 Å². The highest BCUT2D eigenvalue weighted by molar-refractivity contribution is 7.92. The van der Waals surface area contributed by atoms with E-state index in [0.717, 1.165) is 31.2 Å². The van der Waals surface area contributed by atoms with Crippen molar-refractivity contribution in [2.75, 3.05) is 0 Å².